The van der Waals surface area contributed by atoms with Crippen molar-refractivity contribution in [1.29, 1.82) is 0 Å². The predicted octanol–water partition coefficient (Wildman–Crippen LogP) is 1.12. The quantitative estimate of drug-likeness (QED) is 0.795. The fourth-order valence-corrected chi connectivity index (χ4v) is 2.00. The number of rotatable bonds is 2. The molecule has 1 atom stereocenters. The lowest BCUT2D eigenvalue weighted by atomic mass is 10.1. The van der Waals surface area contributed by atoms with Crippen LogP contribution in [0.5, 0.6) is 0 Å². The molecule has 0 amide bonds. The molecule has 94 valence electrons. The molecule has 3 aliphatic rings. The van der Waals surface area contributed by atoms with E-state index in [1.807, 2.05) is 11.6 Å². The highest BCUT2D eigenvalue weighted by Gasteiger charge is 2.28. The molecule has 0 aromatic carbocycles. The Morgan fingerprint density at radius 3 is 2.89 bits per heavy atom. The van der Waals surface area contributed by atoms with E-state index in [1.165, 1.54) is 6.33 Å². The Kier molecular flexibility index (Phi) is 2.50. The Labute approximate surface area is 105 Å². The lowest BCUT2D eigenvalue weighted by molar-refractivity contribution is 0.290. The third kappa shape index (κ3) is 1.64. The number of aromatic nitrogens is 4. The second-order valence-corrected chi connectivity index (χ2v) is 4.81. The summed E-state index contributed by atoms with van der Waals surface area (Å²) in [7, 11) is 1.91. The van der Waals surface area contributed by atoms with Crippen molar-refractivity contribution in [3.05, 3.63) is 18.3 Å². The maximum atomic E-state index is 5.70. The molecule has 0 radical (unpaired) electrons. The van der Waals surface area contributed by atoms with Crippen molar-refractivity contribution in [3.63, 3.8) is 0 Å². The van der Waals surface area contributed by atoms with Crippen LogP contribution >= 0.6 is 0 Å². The third-order valence-corrected chi connectivity index (χ3v) is 3.15. The van der Waals surface area contributed by atoms with Gasteiger partial charge in [0.15, 0.2) is 5.82 Å². The van der Waals surface area contributed by atoms with Crippen LogP contribution in [0, 0.1) is 5.92 Å². The Bertz CT molecular complexity index is 574. The summed E-state index contributed by atoms with van der Waals surface area (Å²) in [5.41, 5.74) is 1.59. The van der Waals surface area contributed by atoms with Gasteiger partial charge in [0.05, 0.1) is 12.4 Å². The number of ether oxygens (including phenoxy) is 1. The molecule has 18 heavy (non-hydrogen) atoms. The van der Waals surface area contributed by atoms with Crippen LogP contribution in [-0.2, 0) is 11.8 Å². The molecule has 0 aliphatic carbocycles. The minimum atomic E-state index is 0.214. The van der Waals surface area contributed by atoms with E-state index < -0.39 is 0 Å². The number of imidazole rings is 1. The monoisotopic (exact) mass is 245 g/mol. The molecule has 1 unspecified atom stereocenters. The van der Waals surface area contributed by atoms with Gasteiger partial charge in [-0.2, -0.15) is 0 Å². The lowest BCUT2D eigenvalue weighted by Gasteiger charge is -2.10. The van der Waals surface area contributed by atoms with E-state index in [9.17, 15) is 0 Å². The van der Waals surface area contributed by atoms with Crippen molar-refractivity contribution in [2.24, 2.45) is 18.0 Å². The van der Waals surface area contributed by atoms with Crippen molar-refractivity contribution < 1.29 is 4.74 Å². The number of aliphatic imine (C=N–C) groups is 1. The number of aryl methyl sites for hydroxylation is 1. The van der Waals surface area contributed by atoms with Gasteiger partial charge in [-0.25, -0.2) is 19.9 Å². The van der Waals surface area contributed by atoms with Crippen molar-refractivity contribution >= 4 is 5.90 Å². The second kappa shape index (κ2) is 4.04. The summed E-state index contributed by atoms with van der Waals surface area (Å²) in [5, 5.41) is 0. The molecule has 0 saturated heterocycles. The van der Waals surface area contributed by atoms with Crippen LogP contribution in [0.4, 0.5) is 0 Å². The Morgan fingerprint density at radius 2 is 2.17 bits per heavy atom. The van der Waals surface area contributed by atoms with E-state index in [2.05, 4.69) is 33.8 Å². The average Bonchev–Trinajstić information content (AvgIpc) is 2.95. The van der Waals surface area contributed by atoms with E-state index in [0.717, 1.165) is 11.4 Å². The van der Waals surface area contributed by atoms with Gasteiger partial charge in [0.1, 0.15) is 24.3 Å². The normalized spacial score (nSPS) is 19.3. The molecule has 6 heteroatoms. The molecule has 0 saturated carbocycles. The third-order valence-electron chi connectivity index (χ3n) is 3.15. The van der Waals surface area contributed by atoms with Crippen LogP contribution in [0.15, 0.2) is 17.6 Å². The zero-order valence-electron chi connectivity index (χ0n) is 10.7. The van der Waals surface area contributed by atoms with E-state index in [1.54, 1.807) is 6.33 Å². The van der Waals surface area contributed by atoms with Crippen LogP contribution < -0.4 is 0 Å². The lowest BCUT2D eigenvalue weighted by Crippen LogP contribution is -2.14. The molecule has 0 N–H and O–H groups in total. The Hall–Kier alpha value is -1.98. The first-order chi connectivity index (χ1) is 8.66. The van der Waals surface area contributed by atoms with Crippen LogP contribution in [0.2, 0.25) is 0 Å². The highest BCUT2D eigenvalue weighted by molar-refractivity contribution is 5.98. The molecule has 0 fully saturated rings. The van der Waals surface area contributed by atoms with Crippen LogP contribution in [-0.4, -0.2) is 38.1 Å². The smallest absolute Gasteiger partial charge is 0.236 e. The largest absolute Gasteiger partial charge is 0.474 e. The average molecular weight is 245 g/mol. The minimum absolute atomic E-state index is 0.214. The van der Waals surface area contributed by atoms with Crippen LogP contribution in [0.1, 0.15) is 19.5 Å². The van der Waals surface area contributed by atoms with E-state index in [4.69, 9.17) is 4.74 Å². The summed E-state index contributed by atoms with van der Waals surface area (Å²) >= 11 is 0. The van der Waals surface area contributed by atoms with E-state index >= 15 is 0 Å². The number of nitrogens with zero attached hydrogens (tertiary/aromatic N) is 5. The zero-order valence-corrected chi connectivity index (χ0v) is 10.7. The van der Waals surface area contributed by atoms with Crippen molar-refractivity contribution in [3.8, 4) is 11.5 Å². The molecule has 0 aromatic rings. The summed E-state index contributed by atoms with van der Waals surface area (Å²) in [4.78, 5) is 17.2. The van der Waals surface area contributed by atoms with E-state index in [0.29, 0.717) is 24.2 Å². The van der Waals surface area contributed by atoms with Crippen LogP contribution in [0.25, 0.3) is 11.5 Å². The van der Waals surface area contributed by atoms with E-state index in [-0.39, 0.29) is 6.04 Å². The topological polar surface area (TPSA) is 65.2 Å². The molecule has 0 aromatic heterocycles. The number of fused-ring (bicyclic) bond motifs is 1. The summed E-state index contributed by atoms with van der Waals surface area (Å²) in [6, 6.07) is 0.214. The Morgan fingerprint density at radius 1 is 1.33 bits per heavy atom. The molecule has 3 rings (SSSR count). The summed E-state index contributed by atoms with van der Waals surface area (Å²) < 4.78 is 7.58. The first kappa shape index (κ1) is 11.1. The van der Waals surface area contributed by atoms with Gasteiger partial charge in [0, 0.05) is 7.05 Å². The molecule has 0 spiro atoms. The van der Waals surface area contributed by atoms with Gasteiger partial charge >= 0.3 is 0 Å². The van der Waals surface area contributed by atoms with Gasteiger partial charge in [-0.3, -0.25) is 0 Å². The minimum Gasteiger partial charge on any atom is -0.474 e. The fourth-order valence-electron chi connectivity index (χ4n) is 2.00. The summed E-state index contributed by atoms with van der Waals surface area (Å²) in [5.74, 6) is 1.74. The van der Waals surface area contributed by atoms with Crippen LogP contribution in [0.3, 0.4) is 0 Å². The zero-order chi connectivity index (χ0) is 12.7. The van der Waals surface area contributed by atoms with Gasteiger partial charge in [0.2, 0.25) is 5.90 Å². The Balaban J connectivity index is 2.08. The molecular weight excluding hydrogens is 230 g/mol. The van der Waals surface area contributed by atoms with Crippen molar-refractivity contribution in [2.45, 2.75) is 19.9 Å². The SMILES string of the molecule is CC(C)C1COC(c2c3ncnc-3ncn2C)=N1. The number of hydrogen-bond donors (Lipinski definition) is 0. The van der Waals surface area contributed by atoms with Crippen molar-refractivity contribution in [1.82, 2.24) is 19.5 Å². The standard InChI is InChI=1S/C12H15N5O/c1-7(2)8-4-18-12(16-8)10-9-11(14-5-13-9)15-6-17(10)3/h5-8H,4H2,1-3H3. The predicted molar refractivity (Wildman–Crippen MR) is 66.5 cm³/mol. The molecular formula is C12H15N5O. The highest BCUT2D eigenvalue weighted by Crippen LogP contribution is 2.23. The second-order valence-electron chi connectivity index (χ2n) is 4.81. The van der Waals surface area contributed by atoms with Crippen molar-refractivity contribution in [2.75, 3.05) is 6.61 Å². The molecule has 3 heterocycles. The fraction of sp³-hybridized carbons (Fsp3) is 0.500. The van der Waals surface area contributed by atoms with Gasteiger partial charge in [0.25, 0.3) is 0 Å². The first-order valence-corrected chi connectivity index (χ1v) is 6.00. The van der Waals surface area contributed by atoms with Gasteiger partial charge < -0.3 is 9.30 Å². The molecule has 3 aliphatic heterocycles. The van der Waals surface area contributed by atoms with Gasteiger partial charge in [-0.1, -0.05) is 13.8 Å². The highest BCUT2D eigenvalue weighted by atomic mass is 16.5. The maximum absolute atomic E-state index is 5.70. The molecule has 6 nitrogen and oxygen atoms in total. The first-order valence-electron chi connectivity index (χ1n) is 6.00. The van der Waals surface area contributed by atoms with Gasteiger partial charge in [-0.15, -0.1) is 0 Å². The summed E-state index contributed by atoms with van der Waals surface area (Å²) in [6.07, 6.45) is 3.22. The molecule has 0 bridgehead atoms. The maximum Gasteiger partial charge on any atom is 0.236 e. The number of hydrogen-bond acceptors (Lipinski definition) is 5. The van der Waals surface area contributed by atoms with Gasteiger partial charge in [-0.05, 0) is 5.92 Å². The summed E-state index contributed by atoms with van der Waals surface area (Å²) in [6.45, 7) is 4.92.